The summed E-state index contributed by atoms with van der Waals surface area (Å²) in [7, 11) is 1.64. The second kappa shape index (κ2) is 8.86. The van der Waals surface area contributed by atoms with Gasteiger partial charge in [0.05, 0.1) is 18.1 Å². The van der Waals surface area contributed by atoms with Crippen LogP contribution in [-0.4, -0.2) is 45.7 Å². The standard InChI is InChI=1S/C20H28N6O2/c1-13(2)11-18(27)21-9-5-6-10-22-19-20-25-24-14(3)26(20)17-8-7-15(28-4)12-16(17)23-19/h7-8,12-13H,5-6,9-11H2,1-4H3,(H,21,27)(H,22,23). The average Bonchev–Trinajstić information content (AvgIpc) is 3.05. The number of carbonyl (C=O) groups excluding carboxylic acids is 1. The number of hydrogen-bond acceptors (Lipinski definition) is 6. The summed E-state index contributed by atoms with van der Waals surface area (Å²) >= 11 is 0. The molecule has 28 heavy (non-hydrogen) atoms. The maximum Gasteiger partial charge on any atom is 0.220 e. The minimum Gasteiger partial charge on any atom is -0.497 e. The lowest BCUT2D eigenvalue weighted by molar-refractivity contribution is -0.121. The molecule has 0 fully saturated rings. The number of carbonyl (C=O) groups is 1. The molecule has 0 aliphatic rings. The normalized spacial score (nSPS) is 11.3. The van der Waals surface area contributed by atoms with Crippen LogP contribution in [-0.2, 0) is 4.79 Å². The summed E-state index contributed by atoms with van der Waals surface area (Å²) < 4.78 is 7.32. The van der Waals surface area contributed by atoms with E-state index in [9.17, 15) is 4.79 Å². The Bertz CT molecular complexity index is 966. The van der Waals surface area contributed by atoms with Gasteiger partial charge in [-0.1, -0.05) is 13.8 Å². The smallest absolute Gasteiger partial charge is 0.220 e. The van der Waals surface area contributed by atoms with Crippen LogP contribution in [0.5, 0.6) is 5.75 Å². The largest absolute Gasteiger partial charge is 0.497 e. The molecule has 3 rings (SSSR count). The Labute approximate surface area is 164 Å². The third kappa shape index (κ3) is 4.49. The lowest BCUT2D eigenvalue weighted by atomic mass is 10.1. The van der Waals surface area contributed by atoms with Crippen molar-refractivity contribution in [2.45, 2.75) is 40.0 Å². The number of hydrogen-bond donors (Lipinski definition) is 2. The summed E-state index contributed by atoms with van der Waals surface area (Å²) in [5, 5.41) is 14.8. The van der Waals surface area contributed by atoms with Crippen LogP contribution in [0.4, 0.5) is 5.82 Å². The highest BCUT2D eigenvalue weighted by Crippen LogP contribution is 2.24. The quantitative estimate of drug-likeness (QED) is 0.551. The van der Waals surface area contributed by atoms with Gasteiger partial charge in [-0.15, -0.1) is 10.2 Å². The van der Waals surface area contributed by atoms with Gasteiger partial charge in [-0.25, -0.2) is 4.98 Å². The number of ether oxygens (including phenoxy) is 1. The number of benzene rings is 1. The molecular weight excluding hydrogens is 356 g/mol. The van der Waals surface area contributed by atoms with Crippen LogP contribution in [0, 0.1) is 12.8 Å². The molecule has 0 radical (unpaired) electrons. The third-order valence-electron chi connectivity index (χ3n) is 4.50. The Kier molecular flexibility index (Phi) is 6.28. The van der Waals surface area contributed by atoms with Gasteiger partial charge in [-0.2, -0.15) is 0 Å². The lowest BCUT2D eigenvalue weighted by Gasteiger charge is -2.11. The Hall–Kier alpha value is -2.90. The number of amides is 1. The van der Waals surface area contributed by atoms with Crippen molar-refractivity contribution in [1.82, 2.24) is 24.9 Å². The maximum absolute atomic E-state index is 11.7. The fraction of sp³-hybridized carbons (Fsp3) is 0.500. The van der Waals surface area contributed by atoms with E-state index in [0.717, 1.165) is 42.0 Å². The van der Waals surface area contributed by atoms with Crippen molar-refractivity contribution in [1.29, 1.82) is 0 Å². The first kappa shape index (κ1) is 19.9. The zero-order valence-electron chi connectivity index (χ0n) is 17.0. The average molecular weight is 384 g/mol. The molecule has 3 aromatic rings. The highest BCUT2D eigenvalue weighted by Gasteiger charge is 2.13. The van der Waals surface area contributed by atoms with E-state index < -0.39 is 0 Å². The van der Waals surface area contributed by atoms with Crippen LogP contribution < -0.4 is 15.4 Å². The van der Waals surface area contributed by atoms with Crippen LogP contribution in [0.1, 0.15) is 38.9 Å². The van der Waals surface area contributed by atoms with Gasteiger partial charge in [0.1, 0.15) is 11.6 Å². The minimum atomic E-state index is 0.119. The summed E-state index contributed by atoms with van der Waals surface area (Å²) in [6.45, 7) is 7.44. The molecule has 0 spiro atoms. The van der Waals surface area contributed by atoms with Crippen molar-refractivity contribution in [3.8, 4) is 5.75 Å². The molecule has 0 aliphatic carbocycles. The predicted molar refractivity (Wildman–Crippen MR) is 110 cm³/mol. The number of nitrogens with one attached hydrogen (secondary N) is 2. The molecule has 0 unspecified atom stereocenters. The first-order chi connectivity index (χ1) is 13.5. The molecular formula is C20H28N6O2. The number of fused-ring (bicyclic) bond motifs is 3. The summed E-state index contributed by atoms with van der Waals surface area (Å²) in [5.41, 5.74) is 2.47. The Morgan fingerprint density at radius 3 is 2.75 bits per heavy atom. The minimum absolute atomic E-state index is 0.119. The second-order valence-electron chi connectivity index (χ2n) is 7.30. The molecule has 150 valence electrons. The molecule has 8 nitrogen and oxygen atoms in total. The maximum atomic E-state index is 11.7. The first-order valence-electron chi connectivity index (χ1n) is 9.69. The molecule has 0 saturated carbocycles. The molecule has 0 aliphatic heterocycles. The number of unbranched alkanes of at least 4 members (excludes halogenated alkanes) is 1. The van der Waals surface area contributed by atoms with Crippen molar-refractivity contribution in [3.05, 3.63) is 24.0 Å². The van der Waals surface area contributed by atoms with Crippen LogP contribution >= 0.6 is 0 Å². The van der Waals surface area contributed by atoms with Gasteiger partial charge in [-0.3, -0.25) is 9.20 Å². The van der Waals surface area contributed by atoms with E-state index in [1.807, 2.05) is 43.4 Å². The van der Waals surface area contributed by atoms with Crippen molar-refractivity contribution in [3.63, 3.8) is 0 Å². The van der Waals surface area contributed by atoms with Crippen LogP contribution in [0.25, 0.3) is 16.7 Å². The predicted octanol–water partition coefficient (Wildman–Crippen LogP) is 2.95. The van der Waals surface area contributed by atoms with Gasteiger partial charge in [-0.05, 0) is 37.8 Å². The van der Waals surface area contributed by atoms with Crippen LogP contribution in [0.3, 0.4) is 0 Å². The number of nitrogens with zero attached hydrogens (tertiary/aromatic N) is 4. The molecule has 0 saturated heterocycles. The fourth-order valence-electron chi connectivity index (χ4n) is 3.13. The van der Waals surface area contributed by atoms with E-state index in [1.54, 1.807) is 7.11 Å². The Balaban J connectivity index is 1.65. The molecule has 2 N–H and O–H groups in total. The number of aromatic nitrogens is 4. The van der Waals surface area contributed by atoms with E-state index in [4.69, 9.17) is 9.72 Å². The Morgan fingerprint density at radius 2 is 2.00 bits per heavy atom. The van der Waals surface area contributed by atoms with Gasteiger partial charge >= 0.3 is 0 Å². The number of aryl methyl sites for hydroxylation is 1. The SMILES string of the molecule is COc1ccc2c(c1)nc(NCCCCNC(=O)CC(C)C)c1nnc(C)n12. The fourth-order valence-corrected chi connectivity index (χ4v) is 3.13. The summed E-state index contributed by atoms with van der Waals surface area (Å²) in [6, 6.07) is 5.78. The van der Waals surface area contributed by atoms with Gasteiger partial charge in [0.25, 0.3) is 0 Å². The van der Waals surface area contributed by atoms with E-state index in [-0.39, 0.29) is 5.91 Å². The summed E-state index contributed by atoms with van der Waals surface area (Å²) in [4.78, 5) is 16.4. The Morgan fingerprint density at radius 1 is 1.21 bits per heavy atom. The number of rotatable bonds is 9. The molecule has 0 atom stereocenters. The lowest BCUT2D eigenvalue weighted by Crippen LogP contribution is -2.25. The molecule has 8 heteroatoms. The summed E-state index contributed by atoms with van der Waals surface area (Å²) in [5.74, 6) is 2.77. The van der Waals surface area contributed by atoms with E-state index in [1.165, 1.54) is 0 Å². The third-order valence-corrected chi connectivity index (χ3v) is 4.50. The second-order valence-corrected chi connectivity index (χ2v) is 7.30. The zero-order chi connectivity index (χ0) is 20.1. The highest BCUT2D eigenvalue weighted by molar-refractivity contribution is 5.84. The number of methoxy groups -OCH3 is 1. The topological polar surface area (TPSA) is 93.4 Å². The monoisotopic (exact) mass is 384 g/mol. The zero-order valence-corrected chi connectivity index (χ0v) is 17.0. The van der Waals surface area contributed by atoms with Gasteiger partial charge < -0.3 is 15.4 Å². The molecule has 2 heterocycles. The molecule has 0 bridgehead atoms. The van der Waals surface area contributed by atoms with E-state index in [2.05, 4.69) is 20.8 Å². The van der Waals surface area contributed by atoms with E-state index in [0.29, 0.717) is 30.3 Å². The van der Waals surface area contributed by atoms with Gasteiger partial charge in [0, 0.05) is 25.6 Å². The van der Waals surface area contributed by atoms with Gasteiger partial charge in [0.2, 0.25) is 11.6 Å². The van der Waals surface area contributed by atoms with Crippen LogP contribution in [0.15, 0.2) is 18.2 Å². The molecule has 1 aromatic carbocycles. The van der Waals surface area contributed by atoms with Crippen molar-refractivity contribution >= 4 is 28.4 Å². The van der Waals surface area contributed by atoms with Crippen LogP contribution in [0.2, 0.25) is 0 Å². The van der Waals surface area contributed by atoms with E-state index >= 15 is 0 Å². The summed E-state index contributed by atoms with van der Waals surface area (Å²) in [6.07, 6.45) is 2.40. The highest BCUT2D eigenvalue weighted by atomic mass is 16.5. The van der Waals surface area contributed by atoms with Crippen molar-refractivity contribution in [2.24, 2.45) is 5.92 Å². The first-order valence-corrected chi connectivity index (χ1v) is 9.69. The molecule has 2 aromatic heterocycles. The van der Waals surface area contributed by atoms with Crippen molar-refractivity contribution < 1.29 is 9.53 Å². The number of anilines is 1. The van der Waals surface area contributed by atoms with Crippen molar-refractivity contribution in [2.75, 3.05) is 25.5 Å². The molecule has 1 amide bonds. The van der Waals surface area contributed by atoms with Gasteiger partial charge in [0.15, 0.2) is 5.82 Å².